The normalized spacial score (nSPS) is 23.7. The van der Waals surface area contributed by atoms with Gasteiger partial charge in [0.15, 0.2) is 11.6 Å². The van der Waals surface area contributed by atoms with Crippen LogP contribution in [0.25, 0.3) is 0 Å². The molecule has 2 unspecified atom stereocenters. The molecule has 1 fully saturated rings. The summed E-state index contributed by atoms with van der Waals surface area (Å²) in [6, 6.07) is 3.89. The molecule has 2 heterocycles. The lowest BCUT2D eigenvalue weighted by atomic mass is 10.2. The molecule has 0 aromatic carbocycles. The highest BCUT2D eigenvalue weighted by Gasteiger charge is 2.27. The van der Waals surface area contributed by atoms with Crippen LogP contribution >= 0.6 is 15.9 Å². The Morgan fingerprint density at radius 3 is 3.00 bits per heavy atom. The van der Waals surface area contributed by atoms with Crippen LogP contribution < -0.4 is 9.64 Å². The van der Waals surface area contributed by atoms with Gasteiger partial charge in [0.25, 0.3) is 0 Å². The summed E-state index contributed by atoms with van der Waals surface area (Å²) in [6.07, 6.45) is 2.35. The van der Waals surface area contributed by atoms with E-state index in [4.69, 9.17) is 9.47 Å². The number of morpholine rings is 1. The lowest BCUT2D eigenvalue weighted by Crippen LogP contribution is -2.47. The summed E-state index contributed by atoms with van der Waals surface area (Å²) in [5.41, 5.74) is 0. The van der Waals surface area contributed by atoms with E-state index in [2.05, 4.69) is 32.7 Å². The van der Waals surface area contributed by atoms with Gasteiger partial charge in [0.1, 0.15) is 0 Å². The van der Waals surface area contributed by atoms with E-state index >= 15 is 0 Å². The quantitative estimate of drug-likeness (QED) is 0.796. The Kier molecular flexibility index (Phi) is 5.05. The first-order valence-electron chi connectivity index (χ1n) is 6.68. The minimum absolute atomic E-state index is 0.147. The van der Waals surface area contributed by atoms with Crippen molar-refractivity contribution in [2.24, 2.45) is 0 Å². The summed E-state index contributed by atoms with van der Waals surface area (Å²) in [7, 11) is 0. The number of alkyl halides is 1. The van der Waals surface area contributed by atoms with E-state index in [1.165, 1.54) is 0 Å². The van der Waals surface area contributed by atoms with Gasteiger partial charge in [0.2, 0.25) is 0 Å². The molecular formula is C14H21BrN2O2. The molecule has 1 aliphatic heterocycles. The van der Waals surface area contributed by atoms with E-state index in [1.54, 1.807) is 0 Å². The first kappa shape index (κ1) is 14.6. The van der Waals surface area contributed by atoms with Gasteiger partial charge in [-0.25, -0.2) is 4.98 Å². The molecule has 1 aromatic rings. The standard InChI is InChI=1S/C14H21BrN2O2/c1-10(2)18-13-5-4-6-16-14(13)17-8-11(3)19-12(7-15)9-17/h4-6,10-12H,7-9H2,1-3H3. The predicted molar refractivity (Wildman–Crippen MR) is 80.3 cm³/mol. The van der Waals surface area contributed by atoms with Gasteiger partial charge < -0.3 is 14.4 Å². The number of hydrogen-bond acceptors (Lipinski definition) is 4. The van der Waals surface area contributed by atoms with E-state index in [0.29, 0.717) is 0 Å². The summed E-state index contributed by atoms with van der Waals surface area (Å²) in [5, 5.41) is 0.834. The highest BCUT2D eigenvalue weighted by molar-refractivity contribution is 9.09. The van der Waals surface area contributed by atoms with Gasteiger partial charge in [0, 0.05) is 24.6 Å². The number of anilines is 1. The van der Waals surface area contributed by atoms with Crippen molar-refractivity contribution < 1.29 is 9.47 Å². The van der Waals surface area contributed by atoms with Crippen LogP contribution in [0.2, 0.25) is 0 Å². The molecule has 0 amide bonds. The molecule has 5 heteroatoms. The molecule has 2 rings (SSSR count). The number of aromatic nitrogens is 1. The second kappa shape index (κ2) is 6.57. The fourth-order valence-electron chi connectivity index (χ4n) is 2.27. The number of nitrogens with zero attached hydrogens (tertiary/aromatic N) is 2. The Morgan fingerprint density at radius 1 is 1.53 bits per heavy atom. The Bertz CT molecular complexity index is 414. The Hall–Kier alpha value is -0.810. The highest BCUT2D eigenvalue weighted by atomic mass is 79.9. The molecule has 2 atom stereocenters. The molecule has 4 nitrogen and oxygen atoms in total. The summed E-state index contributed by atoms with van der Waals surface area (Å²) in [4.78, 5) is 6.74. The van der Waals surface area contributed by atoms with Crippen molar-refractivity contribution in [3.63, 3.8) is 0 Å². The smallest absolute Gasteiger partial charge is 0.171 e. The van der Waals surface area contributed by atoms with Crippen LogP contribution in [0.1, 0.15) is 20.8 Å². The fraction of sp³-hybridized carbons (Fsp3) is 0.643. The van der Waals surface area contributed by atoms with Crippen LogP contribution in [-0.4, -0.2) is 41.7 Å². The molecule has 0 radical (unpaired) electrons. The van der Waals surface area contributed by atoms with Crippen molar-refractivity contribution in [1.29, 1.82) is 0 Å². The number of hydrogen-bond donors (Lipinski definition) is 0. The van der Waals surface area contributed by atoms with Crippen LogP contribution in [0.15, 0.2) is 18.3 Å². The van der Waals surface area contributed by atoms with Crippen LogP contribution in [-0.2, 0) is 4.74 Å². The second-order valence-corrected chi connectivity index (χ2v) is 5.77. The van der Waals surface area contributed by atoms with Gasteiger partial charge in [0.05, 0.1) is 18.3 Å². The first-order valence-corrected chi connectivity index (χ1v) is 7.80. The minimum Gasteiger partial charge on any atom is -0.487 e. The summed E-state index contributed by atoms with van der Waals surface area (Å²) >= 11 is 3.49. The number of halogens is 1. The first-order chi connectivity index (χ1) is 9.10. The lowest BCUT2D eigenvalue weighted by Gasteiger charge is -2.37. The van der Waals surface area contributed by atoms with Gasteiger partial charge in [-0.2, -0.15) is 0 Å². The topological polar surface area (TPSA) is 34.6 Å². The largest absolute Gasteiger partial charge is 0.487 e. The van der Waals surface area contributed by atoms with E-state index < -0.39 is 0 Å². The molecule has 0 N–H and O–H groups in total. The summed E-state index contributed by atoms with van der Waals surface area (Å²) in [5.74, 6) is 1.76. The zero-order valence-corrected chi connectivity index (χ0v) is 13.3. The van der Waals surface area contributed by atoms with E-state index in [1.807, 2.05) is 32.2 Å². The maximum Gasteiger partial charge on any atom is 0.171 e. The van der Waals surface area contributed by atoms with Gasteiger partial charge in [-0.1, -0.05) is 15.9 Å². The van der Waals surface area contributed by atoms with Crippen LogP contribution in [0.5, 0.6) is 5.75 Å². The van der Waals surface area contributed by atoms with Crippen molar-refractivity contribution in [1.82, 2.24) is 4.98 Å². The highest BCUT2D eigenvalue weighted by Crippen LogP contribution is 2.29. The Labute approximate surface area is 123 Å². The fourth-order valence-corrected chi connectivity index (χ4v) is 2.63. The molecule has 0 saturated carbocycles. The predicted octanol–water partition coefficient (Wildman–Crippen LogP) is 2.86. The SMILES string of the molecule is CC(C)Oc1cccnc1N1CC(C)OC(CBr)C1. The van der Waals surface area contributed by atoms with Crippen LogP contribution in [0.3, 0.4) is 0 Å². The van der Waals surface area contributed by atoms with E-state index in [-0.39, 0.29) is 18.3 Å². The van der Waals surface area contributed by atoms with Crippen molar-refractivity contribution in [2.75, 3.05) is 23.3 Å². The number of ether oxygens (including phenoxy) is 2. The molecular weight excluding hydrogens is 308 g/mol. The van der Waals surface area contributed by atoms with E-state index in [0.717, 1.165) is 30.0 Å². The molecule has 106 valence electrons. The van der Waals surface area contributed by atoms with Crippen molar-refractivity contribution >= 4 is 21.7 Å². The third-order valence-electron chi connectivity index (χ3n) is 2.91. The summed E-state index contributed by atoms with van der Waals surface area (Å²) in [6.45, 7) is 7.82. The summed E-state index contributed by atoms with van der Waals surface area (Å²) < 4.78 is 11.7. The molecule has 1 aromatic heterocycles. The average Bonchev–Trinajstić information content (AvgIpc) is 2.38. The third-order valence-corrected chi connectivity index (χ3v) is 3.63. The van der Waals surface area contributed by atoms with Gasteiger partial charge >= 0.3 is 0 Å². The van der Waals surface area contributed by atoms with Crippen molar-refractivity contribution in [2.45, 2.75) is 39.1 Å². The van der Waals surface area contributed by atoms with E-state index in [9.17, 15) is 0 Å². The number of pyridine rings is 1. The zero-order chi connectivity index (χ0) is 13.8. The Balaban J connectivity index is 2.20. The maximum absolute atomic E-state index is 5.85. The molecule has 0 spiro atoms. The number of rotatable bonds is 4. The molecule has 19 heavy (non-hydrogen) atoms. The monoisotopic (exact) mass is 328 g/mol. The van der Waals surface area contributed by atoms with Gasteiger partial charge in [-0.3, -0.25) is 0 Å². The van der Waals surface area contributed by atoms with Crippen LogP contribution in [0.4, 0.5) is 5.82 Å². The average molecular weight is 329 g/mol. The molecule has 0 bridgehead atoms. The van der Waals surface area contributed by atoms with Crippen LogP contribution in [0, 0.1) is 0 Å². The second-order valence-electron chi connectivity index (χ2n) is 5.12. The lowest BCUT2D eigenvalue weighted by molar-refractivity contribution is -0.00241. The zero-order valence-electron chi connectivity index (χ0n) is 11.7. The van der Waals surface area contributed by atoms with Gasteiger partial charge in [-0.15, -0.1) is 0 Å². The maximum atomic E-state index is 5.85. The minimum atomic E-state index is 0.147. The van der Waals surface area contributed by atoms with Crippen molar-refractivity contribution in [3.8, 4) is 5.75 Å². The molecule has 1 aliphatic rings. The molecule has 1 saturated heterocycles. The third kappa shape index (κ3) is 3.83. The molecule has 0 aliphatic carbocycles. The Morgan fingerprint density at radius 2 is 2.32 bits per heavy atom. The van der Waals surface area contributed by atoms with Crippen molar-refractivity contribution in [3.05, 3.63) is 18.3 Å². The van der Waals surface area contributed by atoms with Gasteiger partial charge in [-0.05, 0) is 32.9 Å².